The first-order chi connectivity index (χ1) is 9.80. The van der Waals surface area contributed by atoms with Gasteiger partial charge in [0.2, 0.25) is 10.0 Å². The predicted octanol–water partition coefficient (Wildman–Crippen LogP) is -1.33. The molecule has 12 heteroatoms. The summed E-state index contributed by atoms with van der Waals surface area (Å²) in [5.74, 6) is -0.160. The van der Waals surface area contributed by atoms with Gasteiger partial charge in [0, 0.05) is 11.6 Å². The number of aromatic nitrogens is 1. The molecule has 22 heavy (non-hydrogen) atoms. The molecular formula is C10H9ClN2NaO5PS2. The fraction of sp³-hybridized carbons (Fsp3) is 0.100. The van der Waals surface area contributed by atoms with Crippen LogP contribution < -0.4 is 43.7 Å². The van der Waals surface area contributed by atoms with Gasteiger partial charge in [-0.2, -0.15) is 11.3 Å². The third-order valence-corrected chi connectivity index (χ3v) is 5.97. The minimum atomic E-state index is -4.50. The molecule has 0 saturated carbocycles. The van der Waals surface area contributed by atoms with Crippen LogP contribution in [0.15, 0.2) is 40.1 Å². The van der Waals surface area contributed by atoms with Crippen LogP contribution in [0.1, 0.15) is 0 Å². The van der Waals surface area contributed by atoms with Crippen LogP contribution in [0.5, 0.6) is 5.75 Å². The molecule has 1 N–H and O–H groups in total. The van der Waals surface area contributed by atoms with Crippen molar-refractivity contribution in [1.29, 1.82) is 0 Å². The number of halogens is 1. The number of hydrogen-bond donors (Lipinski definition) is 1. The topological polar surface area (TPSA) is 108 Å². The second-order valence-corrected chi connectivity index (χ2v) is 8.39. The Morgan fingerprint density at radius 1 is 1.45 bits per heavy atom. The molecule has 0 spiro atoms. The number of nitrogens with zero attached hydrogens (tertiary/aromatic N) is 1. The molecule has 1 atom stereocenters. The van der Waals surface area contributed by atoms with Gasteiger partial charge in [-0.3, -0.25) is 4.57 Å². The molecule has 7 nitrogen and oxygen atoms in total. The molecule has 0 aliphatic carbocycles. The quantitative estimate of drug-likeness (QED) is 0.372. The zero-order valence-corrected chi connectivity index (χ0v) is 16.6. The molecule has 0 saturated heterocycles. The molecule has 2 aromatic heterocycles. The van der Waals surface area contributed by atoms with E-state index in [1.165, 1.54) is 41.1 Å². The van der Waals surface area contributed by atoms with Gasteiger partial charge in [-0.1, -0.05) is 11.6 Å². The molecule has 0 radical (unpaired) electrons. The molecule has 0 aromatic carbocycles. The maximum Gasteiger partial charge on any atom is 1.00 e. The van der Waals surface area contributed by atoms with Crippen LogP contribution in [0, 0.1) is 0 Å². The van der Waals surface area contributed by atoms with E-state index in [1.807, 2.05) is 4.72 Å². The monoisotopic (exact) mass is 390 g/mol. The third-order valence-electron chi connectivity index (χ3n) is 2.22. The van der Waals surface area contributed by atoms with Crippen molar-refractivity contribution in [1.82, 2.24) is 9.71 Å². The Balaban J connectivity index is 0.00000242. The van der Waals surface area contributed by atoms with Crippen molar-refractivity contribution in [2.75, 3.05) is 6.29 Å². The minimum absolute atomic E-state index is 0. The maximum atomic E-state index is 11.8. The van der Waals surface area contributed by atoms with Crippen molar-refractivity contribution >= 4 is 40.6 Å². The summed E-state index contributed by atoms with van der Waals surface area (Å²) in [5, 5.41) is 2.82. The van der Waals surface area contributed by atoms with Gasteiger partial charge in [-0.25, -0.2) is 18.1 Å². The van der Waals surface area contributed by atoms with E-state index in [2.05, 4.69) is 4.98 Å². The Hall–Kier alpha value is 0.0400. The largest absolute Gasteiger partial charge is 1.00 e. The van der Waals surface area contributed by atoms with E-state index in [9.17, 15) is 17.9 Å². The number of sulfonamides is 1. The predicted molar refractivity (Wildman–Crippen MR) is 77.0 cm³/mol. The van der Waals surface area contributed by atoms with Gasteiger partial charge in [-0.15, -0.1) is 0 Å². The van der Waals surface area contributed by atoms with Gasteiger partial charge in [0.1, 0.15) is 0 Å². The van der Waals surface area contributed by atoms with Crippen LogP contribution in [0.2, 0.25) is 5.15 Å². The third kappa shape index (κ3) is 5.59. The standard InChI is InChI=1S/C10H10ClN2O5PS2.Na/c11-10-9(2-1-4-12-10)18-19(14,15)7-13-21(16,17)8-3-5-20-6-8;/h1-6,13H,7H2,(H,14,15);/q;+1/p-1. The average molecular weight is 391 g/mol. The Morgan fingerprint density at radius 2 is 2.18 bits per heavy atom. The summed E-state index contributed by atoms with van der Waals surface area (Å²) in [7, 11) is -8.39. The molecule has 0 aliphatic rings. The van der Waals surface area contributed by atoms with Crippen molar-refractivity contribution in [3.05, 3.63) is 40.3 Å². The molecule has 114 valence electrons. The van der Waals surface area contributed by atoms with Gasteiger partial charge < -0.3 is 9.42 Å². The average Bonchev–Trinajstić information content (AvgIpc) is 2.94. The second-order valence-electron chi connectivity index (χ2n) is 3.76. The first-order valence-electron chi connectivity index (χ1n) is 5.42. The Labute approximate surface area is 158 Å². The summed E-state index contributed by atoms with van der Waals surface area (Å²) in [6.07, 6.45) is 0.473. The summed E-state index contributed by atoms with van der Waals surface area (Å²) in [5.41, 5.74) is 0. The van der Waals surface area contributed by atoms with E-state index >= 15 is 0 Å². The molecule has 2 heterocycles. The van der Waals surface area contributed by atoms with Gasteiger partial charge in [0.05, 0.1) is 11.2 Å². The van der Waals surface area contributed by atoms with Crippen LogP contribution >= 0.6 is 30.5 Å². The number of pyridine rings is 1. The van der Waals surface area contributed by atoms with E-state index in [4.69, 9.17) is 16.1 Å². The van der Waals surface area contributed by atoms with E-state index in [0.717, 1.165) is 0 Å². The van der Waals surface area contributed by atoms with E-state index in [1.54, 1.807) is 5.38 Å². The molecule has 0 fully saturated rings. The summed E-state index contributed by atoms with van der Waals surface area (Å²) >= 11 is 6.85. The Bertz CT molecular complexity index is 771. The Kier molecular flexibility index (Phi) is 7.51. The second kappa shape index (κ2) is 8.23. The van der Waals surface area contributed by atoms with Crippen LogP contribution in [0.4, 0.5) is 0 Å². The zero-order valence-electron chi connectivity index (χ0n) is 11.3. The van der Waals surface area contributed by atoms with Crippen molar-refractivity contribution in [3.63, 3.8) is 0 Å². The minimum Gasteiger partial charge on any atom is -0.768 e. The summed E-state index contributed by atoms with van der Waals surface area (Å²) in [6, 6.07) is 4.12. The fourth-order valence-electron chi connectivity index (χ4n) is 1.27. The molecule has 2 rings (SSSR count). The molecule has 2 aromatic rings. The van der Waals surface area contributed by atoms with E-state index in [0.29, 0.717) is 0 Å². The molecular weight excluding hydrogens is 382 g/mol. The van der Waals surface area contributed by atoms with Crippen molar-refractivity contribution in [3.8, 4) is 5.75 Å². The SMILES string of the molecule is O=P([O-])(CNS(=O)(=O)c1ccsc1)Oc1cccnc1Cl.[Na+]. The number of thiophene rings is 1. The van der Waals surface area contributed by atoms with E-state index in [-0.39, 0.29) is 45.4 Å². The summed E-state index contributed by atoms with van der Waals surface area (Å²) in [4.78, 5) is 15.4. The van der Waals surface area contributed by atoms with Gasteiger partial charge in [-0.05, 0) is 23.6 Å². The summed E-state index contributed by atoms with van der Waals surface area (Å²) in [6.45, 7) is 0. The smallest absolute Gasteiger partial charge is 0.768 e. The van der Waals surface area contributed by atoms with Crippen LogP contribution in [-0.4, -0.2) is 19.7 Å². The molecule has 1 unspecified atom stereocenters. The van der Waals surface area contributed by atoms with Crippen molar-refractivity contribution < 1.29 is 52.0 Å². The maximum absolute atomic E-state index is 11.8. The molecule has 0 bridgehead atoms. The number of nitrogens with one attached hydrogen (secondary N) is 1. The Morgan fingerprint density at radius 3 is 2.77 bits per heavy atom. The van der Waals surface area contributed by atoms with Gasteiger partial charge in [0.15, 0.2) is 18.5 Å². The first-order valence-corrected chi connectivity index (χ1v) is 9.95. The normalized spacial score (nSPS) is 13.9. The van der Waals surface area contributed by atoms with Crippen LogP contribution in [0.3, 0.4) is 0 Å². The zero-order chi connectivity index (χ0) is 15.5. The van der Waals surface area contributed by atoms with E-state index < -0.39 is 23.9 Å². The number of hydrogen-bond acceptors (Lipinski definition) is 7. The molecule has 0 aliphatic heterocycles. The first kappa shape index (κ1) is 20.1. The number of rotatable bonds is 6. The van der Waals surface area contributed by atoms with Gasteiger partial charge in [0.25, 0.3) is 0 Å². The van der Waals surface area contributed by atoms with Gasteiger partial charge >= 0.3 is 29.6 Å². The molecule has 0 amide bonds. The fourth-order valence-corrected chi connectivity index (χ4v) is 5.00. The van der Waals surface area contributed by atoms with Crippen LogP contribution in [-0.2, 0) is 14.6 Å². The van der Waals surface area contributed by atoms with Crippen molar-refractivity contribution in [2.45, 2.75) is 4.90 Å². The van der Waals surface area contributed by atoms with Crippen LogP contribution in [0.25, 0.3) is 0 Å². The summed E-state index contributed by atoms with van der Waals surface area (Å²) < 4.78 is 42.0. The van der Waals surface area contributed by atoms with Crippen molar-refractivity contribution in [2.24, 2.45) is 0 Å².